The normalized spacial score (nSPS) is 32.4. The molecule has 18 heavy (non-hydrogen) atoms. The molecule has 104 valence electrons. The first-order valence-electron chi connectivity index (χ1n) is 7.78. The predicted octanol–water partition coefficient (Wildman–Crippen LogP) is 2.46. The fourth-order valence-corrected chi connectivity index (χ4v) is 3.31. The molecule has 2 rings (SSSR count). The maximum atomic E-state index is 11.9. The number of amides is 1. The molecular weight excluding hydrogens is 224 g/mol. The summed E-state index contributed by atoms with van der Waals surface area (Å²) in [5, 5.41) is 6.59. The number of nitrogens with one attached hydrogen (secondary N) is 2. The van der Waals surface area contributed by atoms with Gasteiger partial charge in [-0.2, -0.15) is 0 Å². The minimum atomic E-state index is 0.279. The number of rotatable bonds is 5. The second kappa shape index (κ2) is 7.13. The van der Waals surface area contributed by atoms with Crippen LogP contribution >= 0.6 is 0 Å². The van der Waals surface area contributed by atoms with Gasteiger partial charge in [0.1, 0.15) is 0 Å². The first-order valence-corrected chi connectivity index (χ1v) is 7.78. The average Bonchev–Trinajstić information content (AvgIpc) is 2.90. The summed E-state index contributed by atoms with van der Waals surface area (Å²) < 4.78 is 0. The lowest BCUT2D eigenvalue weighted by molar-refractivity contribution is -0.122. The highest BCUT2D eigenvalue weighted by molar-refractivity contribution is 5.76. The zero-order valence-electron chi connectivity index (χ0n) is 11.7. The Morgan fingerprint density at radius 1 is 1.17 bits per heavy atom. The zero-order chi connectivity index (χ0) is 12.8. The van der Waals surface area contributed by atoms with E-state index >= 15 is 0 Å². The summed E-state index contributed by atoms with van der Waals surface area (Å²) in [6.45, 7) is 4.52. The Hall–Kier alpha value is -0.570. The summed E-state index contributed by atoms with van der Waals surface area (Å²) in [5.41, 5.74) is 0. The van der Waals surface area contributed by atoms with Crippen molar-refractivity contribution in [3.8, 4) is 0 Å². The number of hydrogen-bond donors (Lipinski definition) is 2. The molecule has 3 nitrogen and oxygen atoms in total. The maximum absolute atomic E-state index is 11.9. The SMILES string of the molecule is CCC1CCC(NC(=O)CCC2CCNC2)CC1. The van der Waals surface area contributed by atoms with Crippen LogP contribution in [0.1, 0.15) is 58.3 Å². The molecule has 0 aromatic rings. The summed E-state index contributed by atoms with van der Waals surface area (Å²) in [7, 11) is 0. The predicted molar refractivity (Wildman–Crippen MR) is 74.4 cm³/mol. The minimum absolute atomic E-state index is 0.279. The Balaban J connectivity index is 1.59. The van der Waals surface area contributed by atoms with Gasteiger partial charge in [0.25, 0.3) is 0 Å². The summed E-state index contributed by atoms with van der Waals surface area (Å²) >= 11 is 0. The third kappa shape index (κ3) is 4.27. The Labute approximate surface area is 111 Å². The van der Waals surface area contributed by atoms with Crippen molar-refractivity contribution in [2.24, 2.45) is 11.8 Å². The average molecular weight is 252 g/mol. The Morgan fingerprint density at radius 3 is 2.56 bits per heavy atom. The van der Waals surface area contributed by atoms with Crippen molar-refractivity contribution in [1.29, 1.82) is 0 Å². The summed E-state index contributed by atoms with van der Waals surface area (Å²) in [6.07, 6.45) is 9.31. The van der Waals surface area contributed by atoms with Crippen LogP contribution in [0.25, 0.3) is 0 Å². The standard InChI is InChI=1S/C15H28N2O/c1-2-12-3-6-14(7-4-12)17-15(18)8-5-13-9-10-16-11-13/h12-14,16H,2-11H2,1H3,(H,17,18). The molecule has 1 amide bonds. The van der Waals surface area contributed by atoms with Crippen LogP contribution in [0.5, 0.6) is 0 Å². The van der Waals surface area contributed by atoms with Crippen LogP contribution < -0.4 is 10.6 Å². The monoisotopic (exact) mass is 252 g/mol. The van der Waals surface area contributed by atoms with Gasteiger partial charge >= 0.3 is 0 Å². The van der Waals surface area contributed by atoms with Crippen molar-refractivity contribution >= 4 is 5.91 Å². The highest BCUT2D eigenvalue weighted by Gasteiger charge is 2.22. The van der Waals surface area contributed by atoms with Crippen molar-refractivity contribution in [3.05, 3.63) is 0 Å². The molecule has 0 radical (unpaired) electrons. The third-order valence-electron chi connectivity index (χ3n) is 4.73. The largest absolute Gasteiger partial charge is 0.353 e. The van der Waals surface area contributed by atoms with Gasteiger partial charge in [0, 0.05) is 12.5 Å². The molecule has 1 saturated heterocycles. The molecule has 2 fully saturated rings. The Kier molecular flexibility index (Phi) is 5.48. The van der Waals surface area contributed by atoms with E-state index in [0.29, 0.717) is 6.04 Å². The molecule has 1 heterocycles. The summed E-state index contributed by atoms with van der Waals surface area (Å²) in [5.74, 6) is 1.91. The Bertz CT molecular complexity index is 253. The fourth-order valence-electron chi connectivity index (χ4n) is 3.31. The van der Waals surface area contributed by atoms with Gasteiger partial charge in [-0.15, -0.1) is 0 Å². The second-order valence-corrected chi connectivity index (χ2v) is 6.09. The molecule has 0 bridgehead atoms. The van der Waals surface area contributed by atoms with Gasteiger partial charge in [-0.05, 0) is 63.5 Å². The molecule has 1 aliphatic heterocycles. The van der Waals surface area contributed by atoms with E-state index in [4.69, 9.17) is 0 Å². The first kappa shape index (κ1) is 13.9. The molecule has 1 atom stereocenters. The first-order chi connectivity index (χ1) is 8.78. The van der Waals surface area contributed by atoms with Gasteiger partial charge in [0.2, 0.25) is 5.91 Å². The Morgan fingerprint density at radius 2 is 1.94 bits per heavy atom. The van der Waals surface area contributed by atoms with E-state index < -0.39 is 0 Å². The quantitative estimate of drug-likeness (QED) is 0.789. The number of carbonyl (C=O) groups is 1. The topological polar surface area (TPSA) is 41.1 Å². The highest BCUT2D eigenvalue weighted by Crippen LogP contribution is 2.26. The number of carbonyl (C=O) groups excluding carboxylic acids is 1. The summed E-state index contributed by atoms with van der Waals surface area (Å²) in [6, 6.07) is 0.460. The van der Waals surface area contributed by atoms with Crippen molar-refractivity contribution in [1.82, 2.24) is 10.6 Å². The minimum Gasteiger partial charge on any atom is -0.353 e. The molecule has 1 aliphatic carbocycles. The van der Waals surface area contributed by atoms with Crippen LogP contribution in [0.4, 0.5) is 0 Å². The van der Waals surface area contributed by atoms with Crippen molar-refractivity contribution in [2.45, 2.75) is 64.3 Å². The molecule has 0 spiro atoms. The van der Waals surface area contributed by atoms with E-state index in [-0.39, 0.29) is 5.91 Å². The van der Waals surface area contributed by atoms with Crippen LogP contribution in [-0.4, -0.2) is 25.0 Å². The smallest absolute Gasteiger partial charge is 0.220 e. The van der Waals surface area contributed by atoms with Crippen LogP contribution in [0, 0.1) is 11.8 Å². The summed E-state index contributed by atoms with van der Waals surface area (Å²) in [4.78, 5) is 11.9. The fraction of sp³-hybridized carbons (Fsp3) is 0.933. The van der Waals surface area contributed by atoms with Gasteiger partial charge < -0.3 is 10.6 Å². The van der Waals surface area contributed by atoms with Gasteiger partial charge in [-0.25, -0.2) is 0 Å². The third-order valence-corrected chi connectivity index (χ3v) is 4.73. The highest BCUT2D eigenvalue weighted by atomic mass is 16.1. The molecule has 3 heteroatoms. The van der Waals surface area contributed by atoms with Crippen LogP contribution in [-0.2, 0) is 4.79 Å². The molecule has 2 N–H and O–H groups in total. The van der Waals surface area contributed by atoms with E-state index in [2.05, 4.69) is 17.6 Å². The number of hydrogen-bond acceptors (Lipinski definition) is 2. The van der Waals surface area contributed by atoms with Crippen LogP contribution in [0.3, 0.4) is 0 Å². The molecular formula is C15H28N2O. The van der Waals surface area contributed by atoms with Gasteiger partial charge in [0.15, 0.2) is 0 Å². The van der Waals surface area contributed by atoms with E-state index in [1.807, 2.05) is 0 Å². The van der Waals surface area contributed by atoms with Crippen molar-refractivity contribution < 1.29 is 4.79 Å². The van der Waals surface area contributed by atoms with Crippen molar-refractivity contribution in [2.75, 3.05) is 13.1 Å². The zero-order valence-corrected chi connectivity index (χ0v) is 11.7. The molecule has 2 aliphatic rings. The van der Waals surface area contributed by atoms with Gasteiger partial charge in [-0.1, -0.05) is 13.3 Å². The van der Waals surface area contributed by atoms with Crippen LogP contribution in [0.2, 0.25) is 0 Å². The van der Waals surface area contributed by atoms with E-state index in [1.165, 1.54) is 38.5 Å². The molecule has 1 saturated carbocycles. The molecule has 0 aromatic carbocycles. The lowest BCUT2D eigenvalue weighted by atomic mass is 9.84. The second-order valence-electron chi connectivity index (χ2n) is 6.09. The lowest BCUT2D eigenvalue weighted by Crippen LogP contribution is -2.37. The van der Waals surface area contributed by atoms with Gasteiger partial charge in [0.05, 0.1) is 0 Å². The lowest BCUT2D eigenvalue weighted by Gasteiger charge is -2.28. The van der Waals surface area contributed by atoms with E-state index in [0.717, 1.165) is 37.8 Å². The molecule has 0 aromatic heterocycles. The maximum Gasteiger partial charge on any atom is 0.220 e. The van der Waals surface area contributed by atoms with Crippen molar-refractivity contribution in [3.63, 3.8) is 0 Å². The van der Waals surface area contributed by atoms with Crippen LogP contribution in [0.15, 0.2) is 0 Å². The van der Waals surface area contributed by atoms with Gasteiger partial charge in [-0.3, -0.25) is 4.79 Å². The van der Waals surface area contributed by atoms with E-state index in [1.54, 1.807) is 0 Å². The molecule has 1 unspecified atom stereocenters. The van der Waals surface area contributed by atoms with E-state index in [9.17, 15) is 4.79 Å².